The van der Waals surface area contributed by atoms with Crippen LogP contribution in [0.4, 0.5) is 5.69 Å². The molecule has 0 aliphatic rings. The van der Waals surface area contributed by atoms with Crippen molar-refractivity contribution < 1.29 is 4.74 Å². The molecule has 0 heterocycles. The van der Waals surface area contributed by atoms with Crippen molar-refractivity contribution in [3.8, 4) is 5.75 Å². The number of anilines is 1. The van der Waals surface area contributed by atoms with E-state index in [1.165, 1.54) is 0 Å². The van der Waals surface area contributed by atoms with Crippen LogP contribution in [0.2, 0.25) is 0 Å². The summed E-state index contributed by atoms with van der Waals surface area (Å²) < 4.78 is 5.42. The summed E-state index contributed by atoms with van der Waals surface area (Å²) in [6.07, 6.45) is 1.74. The number of aliphatic imine (C=N–C) groups is 1. The quantitative estimate of drug-likeness (QED) is 0.588. The van der Waals surface area contributed by atoms with E-state index in [1.54, 1.807) is 13.3 Å². The second-order valence-corrected chi connectivity index (χ2v) is 3.09. The van der Waals surface area contributed by atoms with E-state index in [0.29, 0.717) is 12.3 Å². The summed E-state index contributed by atoms with van der Waals surface area (Å²) >= 11 is 0. The summed E-state index contributed by atoms with van der Waals surface area (Å²) in [7, 11) is 1.72. The molecule has 3 nitrogen and oxygen atoms in total. The fourth-order valence-corrected chi connectivity index (χ4v) is 1.31. The molecule has 0 radical (unpaired) electrons. The van der Waals surface area contributed by atoms with Crippen LogP contribution >= 0.6 is 0 Å². The molecule has 0 fully saturated rings. The zero-order chi connectivity index (χ0) is 10.6. The number of hydrogen-bond acceptors (Lipinski definition) is 3. The summed E-state index contributed by atoms with van der Waals surface area (Å²) in [5, 5.41) is 0. The van der Waals surface area contributed by atoms with Gasteiger partial charge in [-0.1, -0.05) is 0 Å². The van der Waals surface area contributed by atoms with Crippen LogP contribution in [-0.4, -0.2) is 19.9 Å². The highest BCUT2D eigenvalue weighted by Gasteiger charge is 2.05. The lowest BCUT2D eigenvalue weighted by Gasteiger charge is -2.10. The van der Waals surface area contributed by atoms with Gasteiger partial charge >= 0.3 is 0 Å². The highest BCUT2D eigenvalue weighted by molar-refractivity contribution is 5.89. The summed E-state index contributed by atoms with van der Waals surface area (Å²) in [5.41, 5.74) is 8.60. The number of hydrogen-bond donors (Lipinski definition) is 1. The minimum Gasteiger partial charge on any atom is -0.492 e. The number of nitrogens with zero attached hydrogens (tertiary/aromatic N) is 1. The van der Waals surface area contributed by atoms with Gasteiger partial charge in [0.1, 0.15) is 5.75 Å². The van der Waals surface area contributed by atoms with Crippen LogP contribution in [-0.2, 0) is 0 Å². The molecule has 0 atom stereocenters. The van der Waals surface area contributed by atoms with Gasteiger partial charge in [-0.05, 0) is 31.5 Å². The molecule has 14 heavy (non-hydrogen) atoms. The number of nitrogen functional groups attached to an aromatic ring is 1. The molecule has 2 N–H and O–H groups in total. The van der Waals surface area contributed by atoms with Gasteiger partial charge in [-0.25, -0.2) is 0 Å². The molecule has 0 unspecified atom stereocenters. The Morgan fingerprint density at radius 2 is 2.21 bits per heavy atom. The van der Waals surface area contributed by atoms with E-state index in [1.807, 2.05) is 26.0 Å². The summed E-state index contributed by atoms with van der Waals surface area (Å²) in [4.78, 5) is 3.95. The van der Waals surface area contributed by atoms with E-state index >= 15 is 0 Å². The highest BCUT2D eigenvalue weighted by atomic mass is 16.5. The topological polar surface area (TPSA) is 47.6 Å². The predicted molar refractivity (Wildman–Crippen MR) is 60.3 cm³/mol. The van der Waals surface area contributed by atoms with Crippen LogP contribution in [0.25, 0.3) is 0 Å². The summed E-state index contributed by atoms with van der Waals surface area (Å²) in [6.45, 7) is 4.57. The van der Waals surface area contributed by atoms with Crippen molar-refractivity contribution >= 4 is 11.9 Å². The standard InChI is InChI=1S/C11H16N2O/c1-4-14-10-6-8(2)5-9(7-13-3)11(10)12/h5-7H,4,12H2,1-3H3. The average Bonchev–Trinajstić information content (AvgIpc) is 2.14. The molecule has 1 rings (SSSR count). The summed E-state index contributed by atoms with van der Waals surface area (Å²) in [5.74, 6) is 0.738. The lowest BCUT2D eigenvalue weighted by Crippen LogP contribution is -2.01. The van der Waals surface area contributed by atoms with Gasteiger partial charge in [-0.2, -0.15) is 0 Å². The first-order chi connectivity index (χ1) is 6.69. The van der Waals surface area contributed by atoms with E-state index in [2.05, 4.69) is 4.99 Å². The maximum absolute atomic E-state index is 5.91. The van der Waals surface area contributed by atoms with E-state index in [0.717, 1.165) is 16.9 Å². The third-order valence-corrected chi connectivity index (χ3v) is 1.89. The molecule has 0 amide bonds. The Kier molecular flexibility index (Phi) is 3.51. The second kappa shape index (κ2) is 4.65. The normalized spacial score (nSPS) is 10.8. The third kappa shape index (κ3) is 2.25. The molecule has 3 heteroatoms. The molecule has 0 saturated carbocycles. The molecule has 1 aromatic carbocycles. The van der Waals surface area contributed by atoms with Crippen molar-refractivity contribution in [2.45, 2.75) is 13.8 Å². The van der Waals surface area contributed by atoms with E-state index in [9.17, 15) is 0 Å². The maximum atomic E-state index is 5.91. The third-order valence-electron chi connectivity index (χ3n) is 1.89. The van der Waals surface area contributed by atoms with Crippen LogP contribution in [0.5, 0.6) is 5.75 Å². The van der Waals surface area contributed by atoms with Gasteiger partial charge in [0.2, 0.25) is 0 Å². The SMILES string of the molecule is CCOc1cc(C)cc(C=NC)c1N. The average molecular weight is 192 g/mol. The van der Waals surface area contributed by atoms with Gasteiger partial charge in [-0.3, -0.25) is 4.99 Å². The van der Waals surface area contributed by atoms with Gasteiger partial charge in [0.05, 0.1) is 12.3 Å². The Hall–Kier alpha value is -1.51. The molecular weight excluding hydrogens is 176 g/mol. The minimum absolute atomic E-state index is 0.621. The number of rotatable bonds is 3. The predicted octanol–water partition coefficient (Wildman–Crippen LogP) is 2.02. The number of ether oxygens (including phenoxy) is 1. The molecule has 0 aliphatic carbocycles. The minimum atomic E-state index is 0.621. The first-order valence-corrected chi connectivity index (χ1v) is 4.64. The van der Waals surface area contributed by atoms with Gasteiger partial charge in [0.15, 0.2) is 0 Å². The van der Waals surface area contributed by atoms with Gasteiger partial charge in [0, 0.05) is 18.8 Å². The molecule has 76 valence electrons. The maximum Gasteiger partial charge on any atom is 0.143 e. The van der Waals surface area contributed by atoms with E-state index in [4.69, 9.17) is 10.5 Å². The van der Waals surface area contributed by atoms with Crippen LogP contribution in [0.15, 0.2) is 17.1 Å². The van der Waals surface area contributed by atoms with Gasteiger partial charge in [-0.15, -0.1) is 0 Å². The van der Waals surface area contributed by atoms with Crippen LogP contribution < -0.4 is 10.5 Å². The van der Waals surface area contributed by atoms with Crippen molar-refractivity contribution in [3.63, 3.8) is 0 Å². The Morgan fingerprint density at radius 3 is 2.79 bits per heavy atom. The lowest BCUT2D eigenvalue weighted by molar-refractivity contribution is 0.342. The van der Waals surface area contributed by atoms with Gasteiger partial charge in [0.25, 0.3) is 0 Å². The molecule has 0 bridgehead atoms. The Labute approximate surface area is 84.6 Å². The number of aryl methyl sites for hydroxylation is 1. The smallest absolute Gasteiger partial charge is 0.143 e. The lowest BCUT2D eigenvalue weighted by atomic mass is 10.1. The monoisotopic (exact) mass is 192 g/mol. The zero-order valence-electron chi connectivity index (χ0n) is 8.87. The van der Waals surface area contributed by atoms with Crippen molar-refractivity contribution in [2.24, 2.45) is 4.99 Å². The van der Waals surface area contributed by atoms with Gasteiger partial charge < -0.3 is 10.5 Å². The van der Waals surface area contributed by atoms with Crippen molar-refractivity contribution in [3.05, 3.63) is 23.3 Å². The fraction of sp³-hybridized carbons (Fsp3) is 0.364. The second-order valence-electron chi connectivity index (χ2n) is 3.09. The van der Waals surface area contributed by atoms with Crippen LogP contribution in [0, 0.1) is 6.92 Å². The molecular formula is C11H16N2O. The van der Waals surface area contributed by atoms with Crippen LogP contribution in [0.1, 0.15) is 18.1 Å². The molecule has 1 aromatic rings. The molecule has 0 spiro atoms. The molecule has 0 aliphatic heterocycles. The number of benzene rings is 1. The first-order valence-electron chi connectivity index (χ1n) is 4.64. The molecule has 0 aromatic heterocycles. The van der Waals surface area contributed by atoms with Crippen LogP contribution in [0.3, 0.4) is 0 Å². The first kappa shape index (κ1) is 10.6. The zero-order valence-corrected chi connectivity index (χ0v) is 8.87. The fourth-order valence-electron chi connectivity index (χ4n) is 1.31. The highest BCUT2D eigenvalue weighted by Crippen LogP contribution is 2.26. The van der Waals surface area contributed by atoms with Crippen molar-refractivity contribution in [1.82, 2.24) is 0 Å². The Balaban J connectivity index is 3.17. The van der Waals surface area contributed by atoms with Crippen molar-refractivity contribution in [1.29, 1.82) is 0 Å². The molecule has 0 saturated heterocycles. The number of nitrogens with two attached hydrogens (primary N) is 1. The largest absolute Gasteiger partial charge is 0.492 e. The van der Waals surface area contributed by atoms with E-state index in [-0.39, 0.29) is 0 Å². The van der Waals surface area contributed by atoms with E-state index < -0.39 is 0 Å². The Morgan fingerprint density at radius 1 is 1.50 bits per heavy atom. The van der Waals surface area contributed by atoms with Crippen molar-refractivity contribution in [2.75, 3.05) is 19.4 Å². The summed E-state index contributed by atoms with van der Waals surface area (Å²) in [6, 6.07) is 3.93. The Bertz CT molecular complexity index is 345.